The number of rotatable bonds is 4. The van der Waals surface area contributed by atoms with Crippen LogP contribution in [0.4, 0.5) is 0 Å². The molecule has 2 fully saturated rings. The first-order valence-electron chi connectivity index (χ1n) is 9.96. The van der Waals surface area contributed by atoms with Crippen LogP contribution in [0.25, 0.3) is 0 Å². The van der Waals surface area contributed by atoms with E-state index in [2.05, 4.69) is 10.6 Å². The van der Waals surface area contributed by atoms with Crippen molar-refractivity contribution in [3.05, 3.63) is 23.9 Å². The van der Waals surface area contributed by atoms with Gasteiger partial charge in [-0.25, -0.2) is 4.99 Å². The van der Waals surface area contributed by atoms with Crippen LogP contribution in [0.3, 0.4) is 0 Å². The third-order valence-corrected chi connectivity index (χ3v) is 6.91. The Morgan fingerprint density at radius 1 is 1.15 bits per heavy atom. The second-order valence-electron chi connectivity index (χ2n) is 7.56. The lowest BCUT2D eigenvalue weighted by Gasteiger charge is -2.24. The predicted octanol–water partition coefficient (Wildman–Crippen LogP) is 2.84. The second-order valence-corrected chi connectivity index (χ2v) is 8.85. The van der Waals surface area contributed by atoms with Crippen LogP contribution in [-0.4, -0.2) is 47.6 Å². The van der Waals surface area contributed by atoms with Crippen molar-refractivity contribution >= 4 is 29.2 Å². The van der Waals surface area contributed by atoms with E-state index >= 15 is 0 Å². The van der Waals surface area contributed by atoms with Crippen molar-refractivity contribution in [3.8, 4) is 0 Å². The van der Waals surface area contributed by atoms with Gasteiger partial charge in [-0.2, -0.15) is 11.8 Å². The van der Waals surface area contributed by atoms with Crippen molar-refractivity contribution in [1.29, 1.82) is 0 Å². The molecule has 4 rings (SSSR count). The van der Waals surface area contributed by atoms with Crippen molar-refractivity contribution in [1.82, 2.24) is 10.6 Å². The van der Waals surface area contributed by atoms with Crippen LogP contribution in [-0.2, 0) is 4.79 Å². The molecule has 2 unspecified atom stereocenters. The highest BCUT2D eigenvalue weighted by atomic mass is 32.2. The Morgan fingerprint density at radius 3 is 2.92 bits per heavy atom. The quantitative estimate of drug-likeness (QED) is 0.797. The average Bonchev–Trinajstić information content (AvgIpc) is 3.00. The zero-order valence-electron chi connectivity index (χ0n) is 15.2. The summed E-state index contributed by atoms with van der Waals surface area (Å²) in [4.78, 5) is 22.1. The number of carbonyl (C=O) groups excluding carboxylic acids is 1. The zero-order valence-corrected chi connectivity index (χ0v) is 16.1. The molecule has 2 aliphatic heterocycles. The van der Waals surface area contributed by atoms with Gasteiger partial charge in [-0.05, 0) is 57.3 Å². The Kier molecular flexibility index (Phi) is 5.90. The number of hydrogen-bond acceptors (Lipinski definition) is 5. The third-order valence-electron chi connectivity index (χ3n) is 5.52. The van der Waals surface area contributed by atoms with E-state index in [9.17, 15) is 4.79 Å². The fourth-order valence-electron chi connectivity index (χ4n) is 4.05. The number of nitrogens with one attached hydrogen (secondary N) is 2. The smallest absolute Gasteiger partial charge is 0.238 e. The standard InChI is InChI=1S/C20H28N4OS/c25-20-17-8-7-15(22-14-4-1-2-5-14)12-18(17)23-19(24-20)13-26-16-6-3-10-21-11-9-16/h7-8,12,14,16-17,21H,1-6,9-11,13H2,(H,23,24,25). The molecule has 1 saturated carbocycles. The Labute approximate surface area is 159 Å². The molecule has 6 heteroatoms. The summed E-state index contributed by atoms with van der Waals surface area (Å²) >= 11 is 1.92. The van der Waals surface area contributed by atoms with Crippen LogP contribution in [0.15, 0.2) is 33.9 Å². The summed E-state index contributed by atoms with van der Waals surface area (Å²) in [5, 5.41) is 7.11. The summed E-state index contributed by atoms with van der Waals surface area (Å²) in [5.41, 5.74) is 1.83. The zero-order chi connectivity index (χ0) is 17.8. The van der Waals surface area contributed by atoms with Crippen LogP contribution in [0, 0.1) is 5.92 Å². The molecule has 1 amide bonds. The van der Waals surface area contributed by atoms with Gasteiger partial charge in [-0.3, -0.25) is 9.79 Å². The number of amides is 1. The number of allylic oxidation sites excluding steroid dienone is 2. The minimum atomic E-state index is -0.256. The lowest BCUT2D eigenvalue weighted by Crippen LogP contribution is -2.42. The largest absolute Gasteiger partial charge is 0.317 e. The molecule has 5 nitrogen and oxygen atoms in total. The van der Waals surface area contributed by atoms with Gasteiger partial charge >= 0.3 is 0 Å². The van der Waals surface area contributed by atoms with E-state index in [4.69, 9.17) is 9.98 Å². The summed E-state index contributed by atoms with van der Waals surface area (Å²) in [6, 6.07) is 0.448. The van der Waals surface area contributed by atoms with Crippen LogP contribution in [0.2, 0.25) is 0 Å². The van der Waals surface area contributed by atoms with Gasteiger partial charge in [0.1, 0.15) is 5.84 Å². The molecule has 2 aliphatic carbocycles. The number of aliphatic imine (C=N–C) groups is 2. The highest BCUT2D eigenvalue weighted by molar-refractivity contribution is 8.00. The van der Waals surface area contributed by atoms with E-state index in [1.165, 1.54) is 44.9 Å². The number of amidine groups is 1. The van der Waals surface area contributed by atoms with E-state index in [0.29, 0.717) is 11.3 Å². The van der Waals surface area contributed by atoms with Crippen LogP contribution < -0.4 is 10.6 Å². The molecule has 4 aliphatic rings. The molecule has 2 N–H and O–H groups in total. The number of hydrogen-bond donors (Lipinski definition) is 2. The van der Waals surface area contributed by atoms with E-state index < -0.39 is 0 Å². The van der Waals surface area contributed by atoms with Gasteiger partial charge in [0.25, 0.3) is 0 Å². The molecule has 0 aromatic carbocycles. The molecule has 2 heterocycles. The second kappa shape index (κ2) is 8.53. The molecule has 0 radical (unpaired) electrons. The number of nitrogens with zero attached hydrogens (tertiary/aromatic N) is 2. The van der Waals surface area contributed by atoms with Crippen molar-refractivity contribution < 1.29 is 4.79 Å². The Bertz CT molecular complexity index is 653. The first-order valence-corrected chi connectivity index (χ1v) is 11.0. The number of thioether (sulfide) groups is 1. The minimum absolute atomic E-state index is 0.0422. The van der Waals surface area contributed by atoms with Gasteiger partial charge in [0.15, 0.2) is 0 Å². The van der Waals surface area contributed by atoms with Gasteiger partial charge in [0, 0.05) is 5.25 Å². The van der Waals surface area contributed by atoms with Crippen LogP contribution in [0.1, 0.15) is 44.9 Å². The first kappa shape index (κ1) is 18.0. The van der Waals surface area contributed by atoms with Crippen LogP contribution in [0.5, 0.6) is 0 Å². The highest BCUT2D eigenvalue weighted by Gasteiger charge is 2.29. The highest BCUT2D eigenvalue weighted by Crippen LogP contribution is 2.27. The molecule has 26 heavy (non-hydrogen) atoms. The molecule has 2 atom stereocenters. The Hall–Kier alpha value is -1.40. The maximum Gasteiger partial charge on any atom is 0.238 e. The molecular formula is C20H28N4OS. The summed E-state index contributed by atoms with van der Waals surface area (Å²) in [7, 11) is 0. The van der Waals surface area contributed by atoms with Crippen molar-refractivity contribution in [2.45, 2.75) is 56.2 Å². The fourth-order valence-corrected chi connectivity index (χ4v) is 5.20. The van der Waals surface area contributed by atoms with E-state index in [1.54, 1.807) is 0 Å². The maximum atomic E-state index is 12.5. The fraction of sp³-hybridized carbons (Fsp3) is 0.650. The van der Waals surface area contributed by atoms with E-state index in [1.807, 2.05) is 30.0 Å². The predicted molar refractivity (Wildman–Crippen MR) is 109 cm³/mol. The topological polar surface area (TPSA) is 65.8 Å². The SMILES string of the molecule is O=C1NC(CSC2CCCNCC2)=NC2=CC(=NC3CCCC3)C=CC12. The molecule has 140 valence electrons. The van der Waals surface area contributed by atoms with Gasteiger partial charge < -0.3 is 10.6 Å². The maximum absolute atomic E-state index is 12.5. The normalized spacial score (nSPS) is 31.2. The van der Waals surface area contributed by atoms with E-state index in [-0.39, 0.29) is 11.8 Å². The van der Waals surface area contributed by atoms with Crippen LogP contribution >= 0.6 is 11.8 Å². The van der Waals surface area contributed by atoms with Crippen molar-refractivity contribution in [3.63, 3.8) is 0 Å². The lowest BCUT2D eigenvalue weighted by molar-refractivity contribution is -0.121. The van der Waals surface area contributed by atoms with Gasteiger partial charge in [0.05, 0.1) is 29.1 Å². The molecule has 0 aromatic heterocycles. The van der Waals surface area contributed by atoms with Gasteiger partial charge in [0.2, 0.25) is 5.91 Å². The Balaban J connectivity index is 1.43. The summed E-state index contributed by atoms with van der Waals surface area (Å²) < 4.78 is 0. The monoisotopic (exact) mass is 372 g/mol. The Morgan fingerprint density at radius 2 is 2.04 bits per heavy atom. The van der Waals surface area contributed by atoms with E-state index in [0.717, 1.165) is 36.1 Å². The number of fused-ring (bicyclic) bond motifs is 1. The third kappa shape index (κ3) is 4.46. The number of carbonyl (C=O) groups is 1. The summed E-state index contributed by atoms with van der Waals surface area (Å²) in [6.45, 7) is 2.22. The molecular weight excluding hydrogens is 344 g/mol. The molecule has 0 spiro atoms. The lowest BCUT2D eigenvalue weighted by atomic mass is 9.96. The van der Waals surface area contributed by atoms with Crippen molar-refractivity contribution in [2.24, 2.45) is 15.9 Å². The first-order chi connectivity index (χ1) is 12.8. The molecule has 0 bridgehead atoms. The minimum Gasteiger partial charge on any atom is -0.317 e. The van der Waals surface area contributed by atoms with Crippen molar-refractivity contribution in [2.75, 3.05) is 18.8 Å². The van der Waals surface area contributed by atoms with Gasteiger partial charge in [-0.1, -0.05) is 18.9 Å². The average molecular weight is 373 g/mol. The molecule has 0 aromatic rings. The molecule has 1 saturated heterocycles. The summed E-state index contributed by atoms with van der Waals surface area (Å²) in [5.74, 6) is 1.36. The van der Waals surface area contributed by atoms with Gasteiger partial charge in [-0.15, -0.1) is 0 Å². The summed E-state index contributed by atoms with van der Waals surface area (Å²) in [6.07, 6.45) is 14.5.